The first kappa shape index (κ1) is 21.0. The van der Waals surface area contributed by atoms with Gasteiger partial charge < -0.3 is 15.2 Å². The molecule has 0 aliphatic carbocycles. The number of carbonyl (C=O) groups is 1. The van der Waals surface area contributed by atoms with Crippen molar-refractivity contribution in [2.24, 2.45) is 0 Å². The van der Waals surface area contributed by atoms with E-state index in [1.807, 2.05) is 6.92 Å². The fraction of sp³-hybridized carbons (Fsp3) is 0.273. The molecule has 156 valence electrons. The SMILES string of the molecule is CCCCC(=O)N[C@H](c1ccc(OC)cc1)c1cc([N+](=O)[O-])c2cccnc2c1O. The Kier molecular flexibility index (Phi) is 6.46. The van der Waals surface area contributed by atoms with Gasteiger partial charge in [-0.3, -0.25) is 19.9 Å². The van der Waals surface area contributed by atoms with Gasteiger partial charge >= 0.3 is 0 Å². The molecular weight excluding hydrogens is 386 g/mol. The minimum atomic E-state index is -0.787. The Morgan fingerprint density at radius 2 is 2.03 bits per heavy atom. The number of amides is 1. The summed E-state index contributed by atoms with van der Waals surface area (Å²) in [5, 5.41) is 25.7. The number of benzene rings is 2. The van der Waals surface area contributed by atoms with Gasteiger partial charge in [0.15, 0.2) is 0 Å². The smallest absolute Gasteiger partial charge is 0.279 e. The molecule has 3 rings (SSSR count). The highest BCUT2D eigenvalue weighted by Gasteiger charge is 2.26. The molecule has 0 bridgehead atoms. The molecule has 0 saturated heterocycles. The number of aromatic hydroxyl groups is 1. The number of hydrogen-bond acceptors (Lipinski definition) is 6. The van der Waals surface area contributed by atoms with Crippen LogP contribution in [0.2, 0.25) is 0 Å². The zero-order valence-electron chi connectivity index (χ0n) is 16.8. The molecule has 2 N–H and O–H groups in total. The summed E-state index contributed by atoms with van der Waals surface area (Å²) < 4.78 is 5.18. The van der Waals surface area contributed by atoms with Crippen LogP contribution in [0, 0.1) is 10.1 Å². The summed E-state index contributed by atoms with van der Waals surface area (Å²) in [6, 6.07) is 10.6. The van der Waals surface area contributed by atoms with Crippen LogP contribution < -0.4 is 10.1 Å². The summed E-state index contributed by atoms with van der Waals surface area (Å²) in [5.74, 6) is 0.221. The van der Waals surface area contributed by atoms with Gasteiger partial charge in [-0.15, -0.1) is 0 Å². The number of methoxy groups -OCH3 is 1. The standard InChI is InChI=1S/C22H23N3O5/c1-3-4-7-19(26)24-20(14-8-10-15(30-2)11-9-14)17-13-18(25(28)29)16-6-5-12-23-21(16)22(17)27/h5-6,8-13,20,27H,3-4,7H2,1-2H3,(H,24,26)/t20-/m1/s1. The summed E-state index contributed by atoms with van der Waals surface area (Å²) in [4.78, 5) is 27.8. The molecule has 0 radical (unpaired) electrons. The molecule has 0 spiro atoms. The third-order valence-electron chi connectivity index (χ3n) is 4.89. The molecule has 8 nitrogen and oxygen atoms in total. The number of nitrogens with one attached hydrogen (secondary N) is 1. The number of unbranched alkanes of at least 4 members (excludes halogenated alkanes) is 1. The van der Waals surface area contributed by atoms with E-state index in [1.54, 1.807) is 37.4 Å². The summed E-state index contributed by atoms with van der Waals surface area (Å²) in [7, 11) is 1.54. The highest BCUT2D eigenvalue weighted by Crippen LogP contribution is 2.39. The second-order valence-electron chi connectivity index (χ2n) is 6.87. The van der Waals surface area contributed by atoms with Gasteiger partial charge in [0.1, 0.15) is 17.0 Å². The molecular formula is C22H23N3O5. The predicted octanol–water partition coefficient (Wildman–Crippen LogP) is 4.25. The Hall–Kier alpha value is -3.68. The van der Waals surface area contributed by atoms with E-state index in [0.717, 1.165) is 6.42 Å². The topological polar surface area (TPSA) is 115 Å². The van der Waals surface area contributed by atoms with Gasteiger partial charge in [0.2, 0.25) is 5.91 Å². The number of hydrogen-bond donors (Lipinski definition) is 2. The van der Waals surface area contributed by atoms with Crippen LogP contribution in [0.4, 0.5) is 5.69 Å². The van der Waals surface area contributed by atoms with Crippen LogP contribution in [0.3, 0.4) is 0 Å². The lowest BCUT2D eigenvalue weighted by Gasteiger charge is -2.22. The second kappa shape index (κ2) is 9.21. The number of phenolic OH excluding ortho intramolecular Hbond substituents is 1. The molecule has 0 unspecified atom stereocenters. The first-order valence-corrected chi connectivity index (χ1v) is 9.64. The molecule has 1 atom stereocenters. The summed E-state index contributed by atoms with van der Waals surface area (Å²) >= 11 is 0. The van der Waals surface area contributed by atoms with Crippen LogP contribution in [0.5, 0.6) is 11.5 Å². The summed E-state index contributed by atoms with van der Waals surface area (Å²) in [5.41, 5.74) is 0.790. The highest BCUT2D eigenvalue weighted by atomic mass is 16.6. The van der Waals surface area contributed by atoms with E-state index < -0.39 is 11.0 Å². The molecule has 0 aliphatic heterocycles. The van der Waals surface area contributed by atoms with Gasteiger partial charge in [-0.1, -0.05) is 25.5 Å². The van der Waals surface area contributed by atoms with Gasteiger partial charge in [-0.05, 0) is 36.2 Å². The van der Waals surface area contributed by atoms with Gasteiger partial charge in [0, 0.05) is 24.2 Å². The van der Waals surface area contributed by atoms with E-state index in [9.17, 15) is 20.0 Å². The molecule has 30 heavy (non-hydrogen) atoms. The van der Waals surface area contributed by atoms with E-state index in [-0.39, 0.29) is 33.8 Å². The second-order valence-corrected chi connectivity index (χ2v) is 6.87. The molecule has 1 amide bonds. The maximum Gasteiger partial charge on any atom is 0.279 e. The molecule has 1 heterocycles. The molecule has 0 fully saturated rings. The Morgan fingerprint density at radius 3 is 2.67 bits per heavy atom. The van der Waals surface area contributed by atoms with Crippen molar-refractivity contribution < 1.29 is 19.6 Å². The van der Waals surface area contributed by atoms with Crippen molar-refractivity contribution in [2.75, 3.05) is 7.11 Å². The van der Waals surface area contributed by atoms with Gasteiger partial charge in [-0.2, -0.15) is 0 Å². The van der Waals surface area contributed by atoms with Crippen LogP contribution in [-0.2, 0) is 4.79 Å². The predicted molar refractivity (Wildman–Crippen MR) is 113 cm³/mol. The van der Waals surface area contributed by atoms with Gasteiger partial charge in [0.05, 0.1) is 23.5 Å². The van der Waals surface area contributed by atoms with Crippen LogP contribution in [0.15, 0.2) is 48.7 Å². The van der Waals surface area contributed by atoms with Crippen molar-refractivity contribution in [3.05, 3.63) is 69.9 Å². The number of carbonyl (C=O) groups excluding carboxylic acids is 1. The minimum Gasteiger partial charge on any atom is -0.505 e. The quantitative estimate of drug-likeness (QED) is 0.424. The molecule has 2 aromatic carbocycles. The van der Waals surface area contributed by atoms with Crippen molar-refractivity contribution in [1.82, 2.24) is 10.3 Å². The third-order valence-corrected chi connectivity index (χ3v) is 4.89. The first-order chi connectivity index (χ1) is 14.5. The summed E-state index contributed by atoms with van der Waals surface area (Å²) in [6.45, 7) is 1.98. The lowest BCUT2D eigenvalue weighted by Crippen LogP contribution is -2.29. The maximum absolute atomic E-state index is 12.5. The van der Waals surface area contributed by atoms with Gasteiger partial charge in [-0.25, -0.2) is 0 Å². The van der Waals surface area contributed by atoms with Crippen LogP contribution in [-0.4, -0.2) is 28.0 Å². The number of fused-ring (bicyclic) bond motifs is 1. The average molecular weight is 409 g/mol. The average Bonchev–Trinajstić information content (AvgIpc) is 2.76. The number of rotatable bonds is 8. The number of ether oxygens (including phenoxy) is 1. The normalized spacial score (nSPS) is 11.8. The Morgan fingerprint density at radius 1 is 1.30 bits per heavy atom. The highest BCUT2D eigenvalue weighted by molar-refractivity contribution is 5.94. The van der Waals surface area contributed by atoms with E-state index in [4.69, 9.17) is 4.74 Å². The maximum atomic E-state index is 12.5. The number of nitro benzene ring substituents is 1. The van der Waals surface area contributed by atoms with E-state index in [2.05, 4.69) is 10.3 Å². The lowest BCUT2D eigenvalue weighted by molar-refractivity contribution is -0.383. The number of pyridine rings is 1. The minimum absolute atomic E-state index is 0.114. The first-order valence-electron chi connectivity index (χ1n) is 9.64. The summed E-state index contributed by atoms with van der Waals surface area (Å²) in [6.07, 6.45) is 3.35. The van der Waals surface area contributed by atoms with Crippen molar-refractivity contribution in [3.63, 3.8) is 0 Å². The molecule has 3 aromatic rings. The number of phenols is 1. The molecule has 0 aliphatic rings. The molecule has 0 saturated carbocycles. The number of non-ortho nitro benzene ring substituents is 1. The van der Waals surface area contributed by atoms with Crippen molar-refractivity contribution in [2.45, 2.75) is 32.2 Å². The van der Waals surface area contributed by atoms with Gasteiger partial charge in [0.25, 0.3) is 5.69 Å². The third kappa shape index (κ3) is 4.32. The zero-order chi connectivity index (χ0) is 21.7. The van der Waals surface area contributed by atoms with E-state index in [0.29, 0.717) is 24.2 Å². The molecule has 8 heteroatoms. The molecule has 1 aromatic heterocycles. The van der Waals surface area contributed by atoms with Crippen LogP contribution in [0.25, 0.3) is 10.9 Å². The number of aromatic nitrogens is 1. The van der Waals surface area contributed by atoms with Crippen LogP contribution >= 0.6 is 0 Å². The van der Waals surface area contributed by atoms with E-state index >= 15 is 0 Å². The zero-order valence-corrected chi connectivity index (χ0v) is 16.8. The Labute approximate surface area is 173 Å². The van der Waals surface area contributed by atoms with E-state index in [1.165, 1.54) is 18.3 Å². The monoisotopic (exact) mass is 409 g/mol. The Bertz CT molecular complexity index is 1070. The van der Waals surface area contributed by atoms with Crippen molar-refractivity contribution >= 4 is 22.5 Å². The largest absolute Gasteiger partial charge is 0.505 e. The number of nitro groups is 1. The fourth-order valence-corrected chi connectivity index (χ4v) is 3.31. The van der Waals surface area contributed by atoms with Crippen LogP contribution in [0.1, 0.15) is 43.4 Å². The lowest BCUT2D eigenvalue weighted by atomic mass is 9.95. The number of nitrogens with zero attached hydrogens (tertiary/aromatic N) is 2. The van der Waals surface area contributed by atoms with Crippen molar-refractivity contribution in [1.29, 1.82) is 0 Å². The fourth-order valence-electron chi connectivity index (χ4n) is 3.31. The Balaban J connectivity index is 2.16. The van der Waals surface area contributed by atoms with Crippen molar-refractivity contribution in [3.8, 4) is 11.5 Å².